The number of pyridine rings is 1. The molecule has 182 valence electrons. The molecule has 1 aliphatic heterocycles. The molecule has 0 saturated heterocycles. The maximum atomic E-state index is 11.0. The maximum absolute atomic E-state index is 11.0. The Morgan fingerprint density at radius 3 is 2.63 bits per heavy atom. The molecular weight excluding hydrogens is 462 g/mol. The average Bonchev–Trinajstić information content (AvgIpc) is 3.32. The minimum absolute atomic E-state index is 0.154. The zero-order chi connectivity index (χ0) is 25.0. The molecule has 0 amide bonds. The van der Waals surface area contributed by atoms with Gasteiger partial charge in [0.05, 0.1) is 6.20 Å². The first-order valence-electron chi connectivity index (χ1n) is 11.5. The zero-order valence-electron chi connectivity index (χ0n) is 20.1. The third-order valence-corrected chi connectivity index (χ3v) is 6.11. The molecule has 8 heteroatoms. The van der Waals surface area contributed by atoms with E-state index in [0.29, 0.717) is 36.0 Å². The van der Waals surface area contributed by atoms with Crippen LogP contribution in [0, 0.1) is 11.3 Å². The largest absolute Gasteiger partial charge is 0.485 e. The number of nitrogens with zero attached hydrogens (tertiary/aromatic N) is 2. The number of hydrogen-bond donors (Lipinski definition) is 1. The Morgan fingerprint density at radius 1 is 1.20 bits per heavy atom. The van der Waals surface area contributed by atoms with E-state index in [4.69, 9.17) is 19.5 Å². The van der Waals surface area contributed by atoms with Crippen molar-refractivity contribution in [3.05, 3.63) is 77.6 Å². The van der Waals surface area contributed by atoms with Gasteiger partial charge in [-0.1, -0.05) is 50.1 Å². The number of ether oxygens (including phenoxy) is 3. The van der Waals surface area contributed by atoms with E-state index >= 15 is 0 Å². The van der Waals surface area contributed by atoms with Crippen molar-refractivity contribution in [3.63, 3.8) is 0 Å². The van der Waals surface area contributed by atoms with Crippen LogP contribution < -0.4 is 18.9 Å². The van der Waals surface area contributed by atoms with Crippen molar-refractivity contribution in [1.29, 1.82) is 5.26 Å². The Kier molecular flexibility index (Phi) is 9.96. The third kappa shape index (κ3) is 6.75. The van der Waals surface area contributed by atoms with Gasteiger partial charge in [0.1, 0.15) is 36.2 Å². The summed E-state index contributed by atoms with van der Waals surface area (Å²) < 4.78 is 21.1. The fraction of sp³-hybridized carbons (Fsp3) is 0.296. The number of hydrogen-bond acceptors (Lipinski definition) is 8. The number of fused-ring (bicyclic) bond motifs is 1. The highest BCUT2D eigenvalue weighted by Gasteiger charge is 2.29. The molecule has 2 unspecified atom stereocenters. The number of aromatic nitrogens is 1. The molecule has 1 N–H and O–H groups in total. The average molecular weight is 492 g/mol. The van der Waals surface area contributed by atoms with Gasteiger partial charge in [-0.25, -0.2) is 4.98 Å². The molecule has 0 radical (unpaired) electrons. The van der Waals surface area contributed by atoms with Gasteiger partial charge in [-0.15, -0.1) is 0 Å². The Hall–Kier alpha value is -3.54. The number of rotatable bonds is 10. The summed E-state index contributed by atoms with van der Waals surface area (Å²) in [7, 11) is 1.87. The van der Waals surface area contributed by atoms with Gasteiger partial charge >= 0.3 is 0 Å². The second-order valence-electron chi connectivity index (χ2n) is 7.37. The van der Waals surface area contributed by atoms with Crippen molar-refractivity contribution in [1.82, 2.24) is 9.71 Å². The highest BCUT2D eigenvalue weighted by Crippen LogP contribution is 2.43. The lowest BCUT2D eigenvalue weighted by atomic mass is 9.98. The Labute approximate surface area is 210 Å². The van der Waals surface area contributed by atoms with Crippen molar-refractivity contribution in [2.24, 2.45) is 0 Å². The number of nitrogens with one attached hydrogen (secondary N) is 1. The van der Waals surface area contributed by atoms with Crippen molar-refractivity contribution >= 4 is 18.2 Å². The summed E-state index contributed by atoms with van der Waals surface area (Å²) in [4.78, 5) is 15.1. The molecule has 2 heterocycles. The summed E-state index contributed by atoms with van der Waals surface area (Å²) in [5.74, 6) is 3.43. The van der Waals surface area contributed by atoms with Gasteiger partial charge in [0.25, 0.3) is 0 Å². The van der Waals surface area contributed by atoms with Gasteiger partial charge in [0.15, 0.2) is 17.6 Å². The van der Waals surface area contributed by atoms with Crippen LogP contribution in [0.15, 0.2) is 60.8 Å². The van der Waals surface area contributed by atoms with Crippen LogP contribution in [0.4, 0.5) is 0 Å². The second kappa shape index (κ2) is 13.4. The van der Waals surface area contributed by atoms with Crippen LogP contribution in [0.25, 0.3) is 0 Å². The Bertz CT molecular complexity index is 1130. The predicted octanol–water partition coefficient (Wildman–Crippen LogP) is 5.82. The molecule has 1 aliphatic rings. The fourth-order valence-corrected chi connectivity index (χ4v) is 4.28. The first kappa shape index (κ1) is 26.1. The van der Waals surface area contributed by atoms with Gasteiger partial charge in [0, 0.05) is 23.7 Å². The van der Waals surface area contributed by atoms with E-state index in [0.717, 1.165) is 28.9 Å². The molecule has 7 nitrogen and oxygen atoms in total. The monoisotopic (exact) mass is 491 g/mol. The molecule has 0 spiro atoms. The summed E-state index contributed by atoms with van der Waals surface area (Å²) in [6, 6.07) is 18.8. The summed E-state index contributed by atoms with van der Waals surface area (Å²) in [5, 5.41) is 8.89. The lowest BCUT2D eigenvalue weighted by molar-refractivity contribution is -0.108. The minimum atomic E-state index is -0.265. The summed E-state index contributed by atoms with van der Waals surface area (Å²) >= 11 is 1.59. The number of carbonyl (C=O) groups excluding carboxylic acids is 1. The second-order valence-corrected chi connectivity index (χ2v) is 8.40. The molecule has 3 aromatic rings. The standard InChI is InChI=1S/C25H23N3O4S.C2H6/c1-27-33-16-18(11-12-29)17-5-8-20(9-6-17)31-24-15-30-25-22(24)3-2-4-23(25)32-21-10-7-19(13-26)28-14-21;1-2/h2-10,12,14,18,24,27H,11,15-16H2,1H3;1-2H3. The van der Waals surface area contributed by atoms with E-state index in [-0.39, 0.29) is 12.0 Å². The van der Waals surface area contributed by atoms with Crippen LogP contribution in [0.3, 0.4) is 0 Å². The van der Waals surface area contributed by atoms with Crippen LogP contribution in [-0.4, -0.2) is 30.7 Å². The minimum Gasteiger partial charge on any atom is -0.485 e. The number of nitriles is 1. The molecule has 0 bridgehead atoms. The van der Waals surface area contributed by atoms with Crippen molar-refractivity contribution in [3.8, 4) is 29.1 Å². The third-order valence-electron chi connectivity index (χ3n) is 5.25. The van der Waals surface area contributed by atoms with Crippen molar-refractivity contribution < 1.29 is 19.0 Å². The topological polar surface area (TPSA) is 93.5 Å². The first-order valence-corrected chi connectivity index (χ1v) is 12.5. The molecule has 35 heavy (non-hydrogen) atoms. The Morgan fingerprint density at radius 2 is 1.97 bits per heavy atom. The molecule has 2 atom stereocenters. The molecule has 0 saturated carbocycles. The van der Waals surface area contributed by atoms with Crippen LogP contribution in [0.2, 0.25) is 0 Å². The van der Waals surface area contributed by atoms with Gasteiger partial charge in [-0.05, 0) is 42.9 Å². The normalized spacial score (nSPS) is 14.4. The van der Waals surface area contributed by atoms with Crippen molar-refractivity contribution in [2.45, 2.75) is 32.3 Å². The number of carbonyl (C=O) groups is 1. The molecule has 0 aliphatic carbocycles. The van der Waals surface area contributed by atoms with Gasteiger partial charge in [0.2, 0.25) is 0 Å². The van der Waals surface area contributed by atoms with Crippen LogP contribution >= 0.6 is 11.9 Å². The number of aldehydes is 1. The van der Waals surface area contributed by atoms with E-state index in [1.54, 1.807) is 24.1 Å². The lowest BCUT2D eigenvalue weighted by Crippen LogP contribution is -2.09. The van der Waals surface area contributed by atoms with Crippen LogP contribution in [0.1, 0.15) is 49.1 Å². The first-order chi connectivity index (χ1) is 17.2. The molecule has 1 aromatic heterocycles. The van der Waals surface area contributed by atoms with Gasteiger partial charge in [-0.3, -0.25) is 4.72 Å². The quantitative estimate of drug-likeness (QED) is 0.280. The lowest BCUT2D eigenvalue weighted by Gasteiger charge is -2.16. The van der Waals surface area contributed by atoms with E-state index in [9.17, 15) is 4.79 Å². The maximum Gasteiger partial charge on any atom is 0.169 e. The van der Waals surface area contributed by atoms with Crippen LogP contribution in [-0.2, 0) is 4.79 Å². The summed E-state index contributed by atoms with van der Waals surface area (Å²) in [5.41, 5.74) is 2.34. The van der Waals surface area contributed by atoms with Gasteiger partial charge < -0.3 is 19.0 Å². The smallest absolute Gasteiger partial charge is 0.169 e. The highest BCUT2D eigenvalue weighted by atomic mass is 32.2. The van der Waals surface area contributed by atoms with E-state index in [2.05, 4.69) is 9.71 Å². The van der Waals surface area contributed by atoms with E-state index < -0.39 is 0 Å². The fourth-order valence-electron chi connectivity index (χ4n) is 3.58. The van der Waals surface area contributed by atoms with E-state index in [1.807, 2.05) is 69.4 Å². The molecular formula is C27H29N3O4S. The van der Waals surface area contributed by atoms with Crippen LogP contribution in [0.5, 0.6) is 23.0 Å². The summed E-state index contributed by atoms with van der Waals surface area (Å²) in [6.45, 7) is 4.37. The highest BCUT2D eigenvalue weighted by molar-refractivity contribution is 7.97. The molecule has 0 fully saturated rings. The molecule has 2 aromatic carbocycles. The van der Waals surface area contributed by atoms with E-state index in [1.165, 1.54) is 6.20 Å². The predicted molar refractivity (Wildman–Crippen MR) is 137 cm³/mol. The Balaban J connectivity index is 0.00000167. The molecule has 4 rings (SSSR count). The SMILES string of the molecule is CC.CNSCC(CC=O)c1ccc(OC2COc3c(Oc4ccc(C#N)nc4)cccc32)cc1. The number of para-hydroxylation sites is 1. The zero-order valence-corrected chi connectivity index (χ0v) is 20.9. The van der Waals surface area contributed by atoms with Gasteiger partial charge in [-0.2, -0.15) is 5.26 Å². The summed E-state index contributed by atoms with van der Waals surface area (Å²) in [6.07, 6.45) is 2.69. The number of benzene rings is 2. The van der Waals surface area contributed by atoms with Crippen molar-refractivity contribution in [2.75, 3.05) is 19.4 Å².